The molecule has 0 aliphatic rings. The van der Waals surface area contributed by atoms with Crippen LogP contribution in [0.4, 0.5) is 0 Å². The third-order valence-corrected chi connectivity index (χ3v) is 1.97. The van der Waals surface area contributed by atoms with Crippen molar-refractivity contribution < 1.29 is 0 Å². The summed E-state index contributed by atoms with van der Waals surface area (Å²) in [6.45, 7) is 2.10. The van der Waals surface area contributed by atoms with Crippen molar-refractivity contribution in [1.82, 2.24) is 14.5 Å². The van der Waals surface area contributed by atoms with Crippen molar-refractivity contribution in [2.45, 2.75) is 13.3 Å². The lowest BCUT2D eigenvalue weighted by atomic mass is 10.4. The predicted molar refractivity (Wildman–Crippen MR) is 50.7 cm³/mol. The van der Waals surface area contributed by atoms with E-state index in [1.165, 1.54) is 0 Å². The molecule has 0 amide bonds. The Bertz CT molecular complexity index is 378. The first-order valence-electron chi connectivity index (χ1n) is 4.34. The molecule has 0 fully saturated rings. The molecule has 0 aromatic carbocycles. The van der Waals surface area contributed by atoms with Crippen molar-refractivity contribution in [3.05, 3.63) is 42.7 Å². The van der Waals surface area contributed by atoms with Gasteiger partial charge in [-0.3, -0.25) is 4.98 Å². The van der Waals surface area contributed by atoms with Crippen LogP contribution in [0.2, 0.25) is 0 Å². The van der Waals surface area contributed by atoms with Crippen molar-refractivity contribution >= 4 is 0 Å². The first-order valence-corrected chi connectivity index (χ1v) is 4.34. The van der Waals surface area contributed by atoms with Gasteiger partial charge in [0.1, 0.15) is 5.82 Å². The fraction of sp³-hybridized carbons (Fsp3) is 0.200. The van der Waals surface area contributed by atoms with Gasteiger partial charge in [-0.2, -0.15) is 0 Å². The molecule has 2 aromatic heterocycles. The van der Waals surface area contributed by atoms with Gasteiger partial charge in [0.25, 0.3) is 0 Å². The zero-order chi connectivity index (χ0) is 9.10. The summed E-state index contributed by atoms with van der Waals surface area (Å²) in [6.07, 6.45) is 8.30. The van der Waals surface area contributed by atoms with E-state index in [1.807, 2.05) is 24.5 Å². The minimum absolute atomic E-state index is 0.940. The molecule has 0 unspecified atom stereocenters. The van der Waals surface area contributed by atoms with Gasteiger partial charge in [-0.25, -0.2) is 4.98 Å². The van der Waals surface area contributed by atoms with Crippen molar-refractivity contribution in [3.63, 3.8) is 0 Å². The van der Waals surface area contributed by atoms with Crippen LogP contribution in [-0.2, 0) is 6.42 Å². The SMILES string of the molecule is CCc1nccn1-c1ccncc1. The second kappa shape index (κ2) is 3.39. The third-order valence-electron chi connectivity index (χ3n) is 1.97. The highest BCUT2D eigenvalue weighted by Crippen LogP contribution is 2.08. The van der Waals surface area contributed by atoms with Crippen LogP contribution in [0.1, 0.15) is 12.7 Å². The van der Waals surface area contributed by atoms with Crippen molar-refractivity contribution in [2.24, 2.45) is 0 Å². The largest absolute Gasteiger partial charge is 0.304 e. The Morgan fingerprint density at radius 1 is 1.23 bits per heavy atom. The molecule has 2 rings (SSSR count). The second-order valence-corrected chi connectivity index (χ2v) is 2.77. The van der Waals surface area contributed by atoms with Gasteiger partial charge in [0.15, 0.2) is 0 Å². The third kappa shape index (κ3) is 1.45. The summed E-state index contributed by atoms with van der Waals surface area (Å²) in [7, 11) is 0. The monoisotopic (exact) mass is 173 g/mol. The minimum atomic E-state index is 0.940. The molecule has 13 heavy (non-hydrogen) atoms. The van der Waals surface area contributed by atoms with Crippen LogP contribution in [0.25, 0.3) is 5.69 Å². The Labute approximate surface area is 77.1 Å². The van der Waals surface area contributed by atoms with Gasteiger partial charge < -0.3 is 4.57 Å². The second-order valence-electron chi connectivity index (χ2n) is 2.77. The quantitative estimate of drug-likeness (QED) is 0.693. The molecule has 0 aliphatic heterocycles. The number of aromatic nitrogens is 3. The fourth-order valence-electron chi connectivity index (χ4n) is 1.34. The van der Waals surface area contributed by atoms with Crippen molar-refractivity contribution in [3.8, 4) is 5.69 Å². The molecule has 0 bridgehead atoms. The first-order chi connectivity index (χ1) is 6.42. The lowest BCUT2D eigenvalue weighted by Gasteiger charge is -2.04. The number of hydrogen-bond acceptors (Lipinski definition) is 2. The van der Waals surface area contributed by atoms with Gasteiger partial charge in [-0.15, -0.1) is 0 Å². The zero-order valence-corrected chi connectivity index (χ0v) is 7.51. The van der Waals surface area contributed by atoms with Crippen LogP contribution in [-0.4, -0.2) is 14.5 Å². The molecule has 3 heteroatoms. The number of hydrogen-bond donors (Lipinski definition) is 0. The first kappa shape index (κ1) is 7.98. The molecule has 0 N–H and O–H groups in total. The number of imidazole rings is 1. The smallest absolute Gasteiger partial charge is 0.112 e. The van der Waals surface area contributed by atoms with Crippen LogP contribution in [0.5, 0.6) is 0 Å². The maximum Gasteiger partial charge on any atom is 0.112 e. The van der Waals surface area contributed by atoms with Crippen molar-refractivity contribution in [1.29, 1.82) is 0 Å². The standard InChI is InChI=1S/C10H11N3/c1-2-10-12-7-8-13(10)9-3-5-11-6-4-9/h3-8H,2H2,1H3. The van der Waals surface area contributed by atoms with E-state index in [-0.39, 0.29) is 0 Å². The highest BCUT2D eigenvalue weighted by molar-refractivity contribution is 5.30. The lowest BCUT2D eigenvalue weighted by molar-refractivity contribution is 0.889. The molecule has 2 heterocycles. The summed E-state index contributed by atoms with van der Waals surface area (Å²) in [5, 5.41) is 0. The lowest BCUT2D eigenvalue weighted by Crippen LogP contribution is -1.98. The molecule has 0 aliphatic carbocycles. The van der Waals surface area contributed by atoms with Crippen LogP contribution in [0, 0.1) is 0 Å². The summed E-state index contributed by atoms with van der Waals surface area (Å²) < 4.78 is 2.07. The molecule has 2 aromatic rings. The summed E-state index contributed by atoms with van der Waals surface area (Å²) in [6, 6.07) is 3.95. The molecule has 3 nitrogen and oxygen atoms in total. The van der Waals surface area contributed by atoms with Gasteiger partial charge in [0.05, 0.1) is 0 Å². The number of nitrogens with zero attached hydrogens (tertiary/aromatic N) is 3. The Hall–Kier alpha value is -1.64. The maximum atomic E-state index is 4.25. The molecule has 66 valence electrons. The van der Waals surface area contributed by atoms with Crippen LogP contribution in [0.15, 0.2) is 36.9 Å². The van der Waals surface area contributed by atoms with Gasteiger partial charge in [0, 0.05) is 36.9 Å². The Morgan fingerprint density at radius 2 is 2.00 bits per heavy atom. The highest BCUT2D eigenvalue weighted by Gasteiger charge is 2.00. The number of rotatable bonds is 2. The normalized spacial score (nSPS) is 10.2. The van der Waals surface area contributed by atoms with Crippen molar-refractivity contribution in [2.75, 3.05) is 0 Å². The van der Waals surface area contributed by atoms with Gasteiger partial charge in [-0.1, -0.05) is 6.92 Å². The minimum Gasteiger partial charge on any atom is -0.304 e. The van der Waals surface area contributed by atoms with Crippen LogP contribution in [0.3, 0.4) is 0 Å². The molecular formula is C10H11N3. The molecule has 0 saturated carbocycles. The van der Waals surface area contributed by atoms with E-state index in [0.717, 1.165) is 17.9 Å². The fourth-order valence-corrected chi connectivity index (χ4v) is 1.34. The summed E-state index contributed by atoms with van der Waals surface area (Å²) in [5.41, 5.74) is 1.12. The topological polar surface area (TPSA) is 30.7 Å². The van der Waals surface area contributed by atoms with E-state index < -0.39 is 0 Å². The Balaban J connectivity index is 2.47. The Morgan fingerprint density at radius 3 is 2.69 bits per heavy atom. The average molecular weight is 173 g/mol. The van der Waals surface area contributed by atoms with E-state index in [2.05, 4.69) is 21.5 Å². The summed E-state index contributed by atoms with van der Waals surface area (Å²) in [4.78, 5) is 8.23. The predicted octanol–water partition coefficient (Wildman–Crippen LogP) is 1.83. The average Bonchev–Trinajstić information content (AvgIpc) is 2.67. The Kier molecular flexibility index (Phi) is 2.08. The summed E-state index contributed by atoms with van der Waals surface area (Å²) in [5.74, 6) is 1.08. The highest BCUT2D eigenvalue weighted by atomic mass is 15.1. The molecule has 0 radical (unpaired) electrons. The van der Waals surface area contributed by atoms with E-state index in [0.29, 0.717) is 0 Å². The van der Waals surface area contributed by atoms with E-state index >= 15 is 0 Å². The number of aryl methyl sites for hydroxylation is 1. The van der Waals surface area contributed by atoms with E-state index in [4.69, 9.17) is 0 Å². The van der Waals surface area contributed by atoms with Gasteiger partial charge in [-0.05, 0) is 12.1 Å². The molecular weight excluding hydrogens is 162 g/mol. The maximum absolute atomic E-state index is 4.25. The summed E-state index contributed by atoms with van der Waals surface area (Å²) >= 11 is 0. The van der Waals surface area contributed by atoms with E-state index in [1.54, 1.807) is 12.4 Å². The number of pyridine rings is 1. The molecule has 0 atom stereocenters. The van der Waals surface area contributed by atoms with Crippen LogP contribution >= 0.6 is 0 Å². The van der Waals surface area contributed by atoms with E-state index in [9.17, 15) is 0 Å². The van der Waals surface area contributed by atoms with Gasteiger partial charge in [0.2, 0.25) is 0 Å². The van der Waals surface area contributed by atoms with Crippen LogP contribution < -0.4 is 0 Å². The molecule has 0 spiro atoms. The molecule has 0 saturated heterocycles. The van der Waals surface area contributed by atoms with Gasteiger partial charge >= 0.3 is 0 Å². The zero-order valence-electron chi connectivity index (χ0n) is 7.51.